The molecule has 0 spiro atoms. The van der Waals surface area contributed by atoms with Crippen molar-refractivity contribution in [1.82, 2.24) is 5.06 Å². The van der Waals surface area contributed by atoms with Gasteiger partial charge in [-0.25, -0.2) is 4.79 Å². The summed E-state index contributed by atoms with van der Waals surface area (Å²) in [6.07, 6.45) is -3.88. The van der Waals surface area contributed by atoms with Crippen LogP contribution >= 0.6 is 0 Å². The zero-order chi connectivity index (χ0) is 12.2. The maximum atomic E-state index is 11.9. The van der Waals surface area contributed by atoms with Crippen molar-refractivity contribution in [1.29, 1.82) is 0 Å². The first-order valence-electron chi connectivity index (χ1n) is 4.51. The first-order valence-corrected chi connectivity index (χ1v) is 4.51. The lowest BCUT2D eigenvalue weighted by Gasteiger charge is -2.21. The molecule has 0 amide bonds. The van der Waals surface area contributed by atoms with Gasteiger partial charge in [-0.05, 0) is 18.4 Å². The highest BCUT2D eigenvalue weighted by Crippen LogP contribution is 2.22. The van der Waals surface area contributed by atoms with Crippen LogP contribution < -0.4 is 0 Å². The van der Waals surface area contributed by atoms with Gasteiger partial charge in [0.2, 0.25) is 0 Å². The maximum Gasteiger partial charge on any atom is 0.492 e. The van der Waals surface area contributed by atoms with Gasteiger partial charge in [0.25, 0.3) is 0 Å². The lowest BCUT2D eigenvalue weighted by molar-refractivity contribution is -0.240. The summed E-state index contributed by atoms with van der Waals surface area (Å²) in [4.78, 5) is 17.2. The van der Waals surface area contributed by atoms with Crippen LogP contribution in [-0.2, 0) is 9.63 Å². The predicted molar refractivity (Wildman–Crippen MR) is 45.9 cm³/mol. The minimum absolute atomic E-state index is 0.0123. The Bertz CT molecular complexity index is 313. The van der Waals surface area contributed by atoms with E-state index >= 15 is 0 Å². The lowest BCUT2D eigenvalue weighted by Crippen LogP contribution is -2.38. The smallest absolute Gasteiger partial charge is 0.361 e. The molecule has 0 unspecified atom stereocenters. The molecule has 0 radical (unpaired) electrons. The standard InChI is InChI=1S/C7H9F3N4O2/c8-7(9,10)6(15)16-14-3-1-2-5(14)4-12-13-11/h5H,1-4H2/t5-/m0/s1. The molecule has 0 saturated carbocycles. The summed E-state index contributed by atoms with van der Waals surface area (Å²) in [7, 11) is 0. The van der Waals surface area contributed by atoms with Crippen molar-refractivity contribution in [2.75, 3.05) is 13.1 Å². The minimum Gasteiger partial charge on any atom is -0.361 e. The Hall–Kier alpha value is -1.47. The van der Waals surface area contributed by atoms with Crippen molar-refractivity contribution < 1.29 is 22.8 Å². The molecule has 0 N–H and O–H groups in total. The number of hydroxylamine groups is 2. The minimum atomic E-state index is -5.01. The van der Waals surface area contributed by atoms with E-state index in [0.717, 1.165) is 5.06 Å². The third-order valence-corrected chi connectivity index (χ3v) is 2.11. The van der Waals surface area contributed by atoms with E-state index in [1.54, 1.807) is 0 Å². The van der Waals surface area contributed by atoms with Crippen molar-refractivity contribution in [2.45, 2.75) is 25.1 Å². The summed E-state index contributed by atoms with van der Waals surface area (Å²) in [6, 6.07) is -0.470. The Balaban J connectivity index is 2.53. The largest absolute Gasteiger partial charge is 0.492 e. The molecular weight excluding hydrogens is 229 g/mol. The fourth-order valence-electron chi connectivity index (χ4n) is 1.40. The molecule has 0 aromatic heterocycles. The number of carbonyl (C=O) groups excluding carboxylic acids is 1. The molecule has 90 valence electrons. The van der Waals surface area contributed by atoms with Crippen molar-refractivity contribution >= 4 is 5.97 Å². The first kappa shape index (κ1) is 12.6. The molecule has 1 atom stereocenters. The second kappa shape index (κ2) is 5.04. The summed E-state index contributed by atoms with van der Waals surface area (Å²) < 4.78 is 35.7. The quantitative estimate of drug-likeness (QED) is 0.427. The van der Waals surface area contributed by atoms with Gasteiger partial charge in [-0.3, -0.25) is 0 Å². The van der Waals surface area contributed by atoms with Gasteiger partial charge in [0.05, 0.1) is 6.04 Å². The van der Waals surface area contributed by atoms with Gasteiger partial charge in [0.15, 0.2) is 0 Å². The average molecular weight is 238 g/mol. The van der Waals surface area contributed by atoms with E-state index < -0.39 is 18.2 Å². The molecule has 1 fully saturated rings. The molecule has 1 aliphatic rings. The monoisotopic (exact) mass is 238 g/mol. The van der Waals surface area contributed by atoms with E-state index in [1.807, 2.05) is 0 Å². The molecular formula is C7H9F3N4O2. The van der Waals surface area contributed by atoms with Gasteiger partial charge in [-0.2, -0.15) is 13.2 Å². The number of azide groups is 1. The van der Waals surface area contributed by atoms with Crippen molar-refractivity contribution in [3.8, 4) is 0 Å². The molecule has 1 heterocycles. The Kier molecular flexibility index (Phi) is 3.97. The summed E-state index contributed by atoms with van der Waals surface area (Å²) in [6.45, 7) is 0.203. The van der Waals surface area contributed by atoms with Crippen LogP contribution in [0.5, 0.6) is 0 Å². The summed E-state index contributed by atoms with van der Waals surface area (Å²) >= 11 is 0. The van der Waals surface area contributed by atoms with Crippen LogP contribution in [0, 0.1) is 0 Å². The second-order valence-electron chi connectivity index (χ2n) is 3.23. The molecule has 0 aromatic rings. The fraction of sp³-hybridized carbons (Fsp3) is 0.857. The van der Waals surface area contributed by atoms with E-state index in [2.05, 4.69) is 14.9 Å². The Morgan fingerprint density at radius 3 is 2.88 bits per heavy atom. The van der Waals surface area contributed by atoms with Gasteiger partial charge in [0.1, 0.15) is 0 Å². The number of carbonyl (C=O) groups is 1. The highest BCUT2D eigenvalue weighted by molar-refractivity contribution is 5.75. The Morgan fingerprint density at radius 2 is 2.31 bits per heavy atom. The van der Waals surface area contributed by atoms with Crippen LogP contribution in [0.4, 0.5) is 13.2 Å². The number of alkyl halides is 3. The Labute approximate surface area is 88.5 Å². The molecule has 16 heavy (non-hydrogen) atoms. The van der Waals surface area contributed by atoms with Crippen LogP contribution in [-0.4, -0.2) is 36.3 Å². The van der Waals surface area contributed by atoms with E-state index in [9.17, 15) is 18.0 Å². The molecule has 1 saturated heterocycles. The van der Waals surface area contributed by atoms with Crippen LogP contribution in [0.3, 0.4) is 0 Å². The second-order valence-corrected chi connectivity index (χ2v) is 3.23. The zero-order valence-corrected chi connectivity index (χ0v) is 8.15. The molecule has 9 heteroatoms. The molecule has 0 aromatic carbocycles. The molecule has 6 nitrogen and oxygen atoms in total. The van der Waals surface area contributed by atoms with Gasteiger partial charge in [-0.1, -0.05) is 5.11 Å². The number of halogens is 3. The topological polar surface area (TPSA) is 78.3 Å². The molecule has 1 rings (SSSR count). The highest BCUT2D eigenvalue weighted by atomic mass is 19.4. The van der Waals surface area contributed by atoms with Gasteiger partial charge in [0, 0.05) is 18.0 Å². The van der Waals surface area contributed by atoms with Crippen molar-refractivity contribution in [3.63, 3.8) is 0 Å². The number of rotatable bonds is 3. The van der Waals surface area contributed by atoms with E-state index in [1.165, 1.54) is 0 Å². The number of nitrogens with zero attached hydrogens (tertiary/aromatic N) is 4. The van der Waals surface area contributed by atoms with Crippen LogP contribution in [0.25, 0.3) is 10.4 Å². The maximum absolute atomic E-state index is 11.9. The van der Waals surface area contributed by atoms with Gasteiger partial charge < -0.3 is 4.84 Å². The average Bonchev–Trinajstić information content (AvgIpc) is 2.61. The van der Waals surface area contributed by atoms with Crippen molar-refractivity contribution in [2.24, 2.45) is 5.11 Å². The van der Waals surface area contributed by atoms with Gasteiger partial charge >= 0.3 is 12.1 Å². The predicted octanol–water partition coefficient (Wildman–Crippen LogP) is 1.78. The zero-order valence-electron chi connectivity index (χ0n) is 8.15. The molecule has 0 aliphatic carbocycles. The van der Waals surface area contributed by atoms with Crippen LogP contribution in [0.1, 0.15) is 12.8 Å². The van der Waals surface area contributed by atoms with Crippen molar-refractivity contribution in [3.05, 3.63) is 10.4 Å². The van der Waals surface area contributed by atoms with E-state index in [-0.39, 0.29) is 13.1 Å². The SMILES string of the molecule is [N-]=[N+]=NC[C@@H]1CCCN1OC(=O)C(F)(F)F. The third-order valence-electron chi connectivity index (χ3n) is 2.11. The highest BCUT2D eigenvalue weighted by Gasteiger charge is 2.43. The molecule has 0 bridgehead atoms. The summed E-state index contributed by atoms with van der Waals surface area (Å²) in [5, 5.41) is 4.16. The summed E-state index contributed by atoms with van der Waals surface area (Å²) in [5.74, 6) is -2.25. The van der Waals surface area contributed by atoms with Gasteiger partial charge in [-0.15, -0.1) is 5.06 Å². The first-order chi connectivity index (χ1) is 7.45. The number of hydrogen-bond acceptors (Lipinski definition) is 4. The summed E-state index contributed by atoms with van der Waals surface area (Å²) in [5.41, 5.74) is 8.08. The van der Waals surface area contributed by atoms with E-state index in [4.69, 9.17) is 5.53 Å². The number of hydrogen-bond donors (Lipinski definition) is 0. The van der Waals surface area contributed by atoms with Crippen LogP contribution in [0.15, 0.2) is 5.11 Å². The lowest BCUT2D eigenvalue weighted by atomic mass is 10.2. The Morgan fingerprint density at radius 1 is 1.62 bits per heavy atom. The molecule has 1 aliphatic heterocycles. The third kappa shape index (κ3) is 3.28. The van der Waals surface area contributed by atoms with Crippen LogP contribution in [0.2, 0.25) is 0 Å². The van der Waals surface area contributed by atoms with E-state index in [0.29, 0.717) is 12.8 Å². The normalized spacial score (nSPS) is 21.6. The fourth-order valence-corrected chi connectivity index (χ4v) is 1.40.